The highest BCUT2D eigenvalue weighted by Crippen LogP contribution is 2.24. The fraction of sp³-hybridized carbons (Fsp3) is 0. The summed E-state index contributed by atoms with van der Waals surface area (Å²) in [6.45, 7) is 0. The lowest BCUT2D eigenvalue weighted by molar-refractivity contribution is 1.51. The summed E-state index contributed by atoms with van der Waals surface area (Å²) in [7, 11) is 0. The van der Waals surface area contributed by atoms with Crippen molar-refractivity contribution in [1.82, 2.24) is 0 Å². The Bertz CT molecular complexity index is 356. The maximum atomic E-state index is 5.26. The maximum Gasteiger partial charge on any atom is 0.0397 e. The molecule has 0 saturated carbocycles. The van der Waals surface area contributed by atoms with E-state index in [0.717, 1.165) is 20.1 Å². The molecular formula is C10H4Br2. The van der Waals surface area contributed by atoms with E-state index in [1.807, 2.05) is 6.07 Å². The molecule has 0 amide bonds. The number of halogens is 2. The van der Waals surface area contributed by atoms with Crippen LogP contribution >= 0.6 is 31.9 Å². The largest absolute Gasteiger partial charge is 0.115 e. The molecule has 2 heteroatoms. The summed E-state index contributed by atoms with van der Waals surface area (Å²) in [4.78, 5) is 0. The molecule has 0 N–H and O–H groups in total. The van der Waals surface area contributed by atoms with Gasteiger partial charge in [0.2, 0.25) is 0 Å². The van der Waals surface area contributed by atoms with Crippen molar-refractivity contribution in [2.24, 2.45) is 0 Å². The Morgan fingerprint density at radius 1 is 0.917 bits per heavy atom. The highest BCUT2D eigenvalue weighted by atomic mass is 79.9. The highest BCUT2D eigenvalue weighted by Gasteiger charge is 2.02. The average Bonchev–Trinajstić information content (AvgIpc) is 2.05. The lowest BCUT2D eigenvalue weighted by Crippen LogP contribution is -1.82. The number of hydrogen-bond acceptors (Lipinski definition) is 0. The van der Waals surface area contributed by atoms with Gasteiger partial charge >= 0.3 is 0 Å². The minimum atomic E-state index is 0.770. The molecule has 0 saturated heterocycles. The third-order valence-corrected chi connectivity index (χ3v) is 2.68. The van der Waals surface area contributed by atoms with Gasteiger partial charge in [-0.25, -0.2) is 0 Å². The number of benzene rings is 1. The maximum absolute atomic E-state index is 5.26. The van der Waals surface area contributed by atoms with Crippen LogP contribution in [0.3, 0.4) is 0 Å². The van der Waals surface area contributed by atoms with Gasteiger partial charge < -0.3 is 0 Å². The summed E-state index contributed by atoms with van der Waals surface area (Å²) < 4.78 is 1.74. The van der Waals surface area contributed by atoms with Crippen molar-refractivity contribution in [3.8, 4) is 24.7 Å². The van der Waals surface area contributed by atoms with Crippen LogP contribution in [0.25, 0.3) is 0 Å². The van der Waals surface area contributed by atoms with E-state index >= 15 is 0 Å². The molecule has 0 atom stereocenters. The van der Waals surface area contributed by atoms with E-state index in [1.54, 1.807) is 6.07 Å². The second-order valence-electron chi connectivity index (χ2n) is 2.10. The zero-order valence-electron chi connectivity index (χ0n) is 6.07. The Labute approximate surface area is 88.6 Å². The minimum absolute atomic E-state index is 0.770. The normalized spacial score (nSPS) is 8.67. The van der Waals surface area contributed by atoms with Crippen LogP contribution in [0.15, 0.2) is 21.1 Å². The van der Waals surface area contributed by atoms with E-state index in [9.17, 15) is 0 Å². The van der Waals surface area contributed by atoms with Gasteiger partial charge in [0.25, 0.3) is 0 Å². The van der Waals surface area contributed by atoms with Crippen molar-refractivity contribution in [1.29, 1.82) is 0 Å². The molecule has 0 aliphatic heterocycles. The zero-order chi connectivity index (χ0) is 9.14. The van der Waals surface area contributed by atoms with Crippen LogP contribution in [0, 0.1) is 24.7 Å². The summed E-state index contributed by atoms with van der Waals surface area (Å²) >= 11 is 6.66. The van der Waals surface area contributed by atoms with E-state index in [4.69, 9.17) is 12.8 Å². The van der Waals surface area contributed by atoms with Crippen LogP contribution in [0.1, 0.15) is 11.1 Å². The third kappa shape index (κ3) is 1.72. The van der Waals surface area contributed by atoms with Crippen LogP contribution in [0.4, 0.5) is 0 Å². The van der Waals surface area contributed by atoms with Crippen LogP contribution < -0.4 is 0 Å². The van der Waals surface area contributed by atoms with Gasteiger partial charge in [0, 0.05) is 20.1 Å². The van der Waals surface area contributed by atoms with E-state index in [2.05, 4.69) is 43.7 Å². The monoisotopic (exact) mass is 282 g/mol. The molecule has 1 rings (SSSR count). The number of terminal acetylenes is 2. The van der Waals surface area contributed by atoms with E-state index in [1.165, 1.54) is 0 Å². The Morgan fingerprint density at radius 2 is 1.33 bits per heavy atom. The molecule has 0 aromatic heterocycles. The van der Waals surface area contributed by atoms with Crippen LogP contribution in [-0.4, -0.2) is 0 Å². The predicted molar refractivity (Wildman–Crippen MR) is 57.7 cm³/mol. The molecule has 0 spiro atoms. The average molecular weight is 284 g/mol. The third-order valence-electron chi connectivity index (χ3n) is 1.37. The van der Waals surface area contributed by atoms with Gasteiger partial charge in [0.15, 0.2) is 0 Å². The summed E-state index contributed by atoms with van der Waals surface area (Å²) in [5, 5.41) is 0. The molecule has 0 bridgehead atoms. The Balaban J connectivity index is 3.42. The Morgan fingerprint density at radius 3 is 1.67 bits per heavy atom. The Kier molecular flexibility index (Phi) is 2.98. The lowest BCUT2D eigenvalue weighted by atomic mass is 10.1. The molecule has 0 fully saturated rings. The van der Waals surface area contributed by atoms with Crippen LogP contribution in [0.2, 0.25) is 0 Å². The molecule has 58 valence electrons. The van der Waals surface area contributed by atoms with Crippen LogP contribution in [0.5, 0.6) is 0 Å². The highest BCUT2D eigenvalue weighted by molar-refractivity contribution is 9.11. The van der Waals surface area contributed by atoms with Crippen molar-refractivity contribution in [3.63, 3.8) is 0 Å². The van der Waals surface area contributed by atoms with E-state index < -0.39 is 0 Å². The predicted octanol–water partition coefficient (Wildman–Crippen LogP) is 3.17. The molecule has 12 heavy (non-hydrogen) atoms. The molecule has 0 nitrogen and oxygen atoms in total. The lowest BCUT2D eigenvalue weighted by Gasteiger charge is -2.00. The molecule has 1 aromatic carbocycles. The molecule has 0 unspecified atom stereocenters. The van der Waals surface area contributed by atoms with Gasteiger partial charge in [-0.2, -0.15) is 0 Å². The smallest absolute Gasteiger partial charge is 0.0397 e. The quantitative estimate of drug-likeness (QED) is 0.642. The second-order valence-corrected chi connectivity index (χ2v) is 3.81. The molecule has 1 aromatic rings. The first-order chi connectivity index (χ1) is 5.69. The zero-order valence-corrected chi connectivity index (χ0v) is 9.24. The fourth-order valence-corrected chi connectivity index (χ4v) is 1.99. The minimum Gasteiger partial charge on any atom is -0.115 e. The first-order valence-electron chi connectivity index (χ1n) is 3.11. The van der Waals surface area contributed by atoms with Gasteiger partial charge in [0.05, 0.1) is 0 Å². The standard InChI is InChI=1S/C10H4Br2/c1-3-7-5-8(4-2)10(12)6-9(7)11/h1-2,5-6H. The van der Waals surface area contributed by atoms with Gasteiger partial charge in [-0.1, -0.05) is 11.8 Å². The summed E-state index contributed by atoms with van der Waals surface area (Å²) in [6, 6.07) is 3.64. The molecule has 0 aliphatic carbocycles. The molecule has 0 aliphatic rings. The molecule has 0 heterocycles. The van der Waals surface area contributed by atoms with E-state index in [0.29, 0.717) is 0 Å². The van der Waals surface area contributed by atoms with Gasteiger partial charge in [-0.15, -0.1) is 12.8 Å². The summed E-state index contributed by atoms with van der Waals surface area (Å²) in [6.07, 6.45) is 10.5. The number of hydrogen-bond donors (Lipinski definition) is 0. The Hall–Kier alpha value is -0.700. The molecule has 0 radical (unpaired) electrons. The first-order valence-corrected chi connectivity index (χ1v) is 4.70. The van der Waals surface area contributed by atoms with Crippen molar-refractivity contribution < 1.29 is 0 Å². The summed E-state index contributed by atoms with van der Waals surface area (Å²) in [5.74, 6) is 5.07. The van der Waals surface area contributed by atoms with E-state index in [-0.39, 0.29) is 0 Å². The van der Waals surface area contributed by atoms with Crippen molar-refractivity contribution in [3.05, 3.63) is 32.2 Å². The number of rotatable bonds is 0. The van der Waals surface area contributed by atoms with Crippen molar-refractivity contribution >= 4 is 31.9 Å². The van der Waals surface area contributed by atoms with Gasteiger partial charge in [-0.3, -0.25) is 0 Å². The fourth-order valence-electron chi connectivity index (χ4n) is 0.770. The topological polar surface area (TPSA) is 0 Å². The SMILES string of the molecule is C#Cc1cc(C#C)c(Br)cc1Br. The van der Waals surface area contributed by atoms with Crippen molar-refractivity contribution in [2.45, 2.75) is 0 Å². The van der Waals surface area contributed by atoms with Crippen LogP contribution in [-0.2, 0) is 0 Å². The van der Waals surface area contributed by atoms with Gasteiger partial charge in [0.1, 0.15) is 0 Å². The molecular weight excluding hydrogens is 280 g/mol. The summed E-state index contributed by atoms with van der Waals surface area (Å²) in [5.41, 5.74) is 1.54. The second kappa shape index (κ2) is 3.81. The first kappa shape index (κ1) is 9.39. The van der Waals surface area contributed by atoms with Gasteiger partial charge in [-0.05, 0) is 44.0 Å². The van der Waals surface area contributed by atoms with Crippen molar-refractivity contribution in [2.75, 3.05) is 0 Å².